The SMILES string of the molecule is O=C(c1c(F)cccc1Br)N1CCC(O)C1. The number of carbonyl (C=O) groups excluding carboxylic acids is 1. The van der Waals surface area contributed by atoms with Crippen LogP contribution >= 0.6 is 15.9 Å². The maximum Gasteiger partial charge on any atom is 0.258 e. The number of halogens is 2. The van der Waals surface area contributed by atoms with Gasteiger partial charge in [-0.2, -0.15) is 0 Å². The van der Waals surface area contributed by atoms with E-state index in [-0.39, 0.29) is 18.0 Å². The number of rotatable bonds is 1. The van der Waals surface area contributed by atoms with Crippen molar-refractivity contribution in [3.05, 3.63) is 34.1 Å². The fourth-order valence-electron chi connectivity index (χ4n) is 1.79. The summed E-state index contributed by atoms with van der Waals surface area (Å²) in [5.41, 5.74) is 0.0385. The third-order valence-corrected chi connectivity index (χ3v) is 3.29. The Bertz CT molecular complexity index is 404. The first-order chi connectivity index (χ1) is 7.59. The zero-order chi connectivity index (χ0) is 11.7. The number of β-amino-alcohol motifs (C(OH)–C–C–N with tert-alkyl or cyclic N) is 1. The van der Waals surface area contributed by atoms with Gasteiger partial charge in [-0.1, -0.05) is 6.07 Å². The number of hydrogen-bond donors (Lipinski definition) is 1. The number of carbonyl (C=O) groups is 1. The molecule has 86 valence electrons. The predicted octanol–water partition coefficient (Wildman–Crippen LogP) is 1.79. The van der Waals surface area contributed by atoms with Crippen LogP contribution in [0.3, 0.4) is 0 Å². The molecule has 2 rings (SSSR count). The van der Waals surface area contributed by atoms with E-state index in [0.717, 1.165) is 0 Å². The number of aliphatic hydroxyl groups is 1. The normalized spacial score (nSPS) is 20.2. The molecule has 1 aliphatic heterocycles. The van der Waals surface area contributed by atoms with Gasteiger partial charge >= 0.3 is 0 Å². The Morgan fingerprint density at radius 1 is 1.56 bits per heavy atom. The van der Waals surface area contributed by atoms with E-state index in [1.54, 1.807) is 6.07 Å². The summed E-state index contributed by atoms with van der Waals surface area (Å²) in [6.45, 7) is 0.750. The average molecular weight is 288 g/mol. The Labute approximate surface area is 101 Å². The first kappa shape index (κ1) is 11.5. The summed E-state index contributed by atoms with van der Waals surface area (Å²) >= 11 is 3.16. The second kappa shape index (κ2) is 4.51. The van der Waals surface area contributed by atoms with Gasteiger partial charge in [0.15, 0.2) is 0 Å². The fourth-order valence-corrected chi connectivity index (χ4v) is 2.30. The van der Waals surface area contributed by atoms with Crippen LogP contribution in [0.15, 0.2) is 22.7 Å². The number of benzene rings is 1. The molecule has 5 heteroatoms. The molecule has 1 unspecified atom stereocenters. The summed E-state index contributed by atoms with van der Waals surface area (Å²) in [5.74, 6) is -0.915. The van der Waals surface area contributed by atoms with E-state index in [0.29, 0.717) is 17.4 Å². The van der Waals surface area contributed by atoms with E-state index in [1.165, 1.54) is 17.0 Å². The highest BCUT2D eigenvalue weighted by atomic mass is 79.9. The van der Waals surface area contributed by atoms with Crippen LogP contribution in [0.25, 0.3) is 0 Å². The molecule has 0 spiro atoms. The van der Waals surface area contributed by atoms with Crippen molar-refractivity contribution in [1.82, 2.24) is 4.90 Å². The molecule has 1 N–H and O–H groups in total. The lowest BCUT2D eigenvalue weighted by atomic mass is 10.2. The minimum Gasteiger partial charge on any atom is -0.391 e. The van der Waals surface area contributed by atoms with E-state index >= 15 is 0 Å². The highest BCUT2D eigenvalue weighted by Crippen LogP contribution is 2.23. The van der Waals surface area contributed by atoms with Gasteiger partial charge in [0, 0.05) is 17.6 Å². The van der Waals surface area contributed by atoms with Crippen molar-refractivity contribution < 1.29 is 14.3 Å². The van der Waals surface area contributed by atoms with Crippen molar-refractivity contribution >= 4 is 21.8 Å². The van der Waals surface area contributed by atoms with Crippen molar-refractivity contribution in [2.45, 2.75) is 12.5 Å². The Kier molecular flexibility index (Phi) is 3.25. The lowest BCUT2D eigenvalue weighted by molar-refractivity contribution is 0.0759. The molecular weight excluding hydrogens is 277 g/mol. The minimum absolute atomic E-state index is 0.0385. The highest BCUT2D eigenvalue weighted by molar-refractivity contribution is 9.10. The molecule has 1 aromatic carbocycles. The molecule has 1 aliphatic rings. The second-order valence-electron chi connectivity index (χ2n) is 3.79. The number of likely N-dealkylation sites (tertiary alicyclic amines) is 1. The highest BCUT2D eigenvalue weighted by Gasteiger charge is 2.28. The van der Waals surface area contributed by atoms with Crippen LogP contribution in [-0.2, 0) is 0 Å². The first-order valence-corrected chi connectivity index (χ1v) is 5.80. The molecule has 1 amide bonds. The predicted molar refractivity (Wildman–Crippen MR) is 60.6 cm³/mol. The van der Waals surface area contributed by atoms with Gasteiger partial charge in [-0.05, 0) is 34.5 Å². The molecule has 0 aliphatic carbocycles. The van der Waals surface area contributed by atoms with Crippen molar-refractivity contribution in [3.8, 4) is 0 Å². The van der Waals surface area contributed by atoms with Crippen molar-refractivity contribution in [2.75, 3.05) is 13.1 Å². The van der Waals surface area contributed by atoms with Crippen LogP contribution in [-0.4, -0.2) is 35.1 Å². The molecule has 16 heavy (non-hydrogen) atoms. The van der Waals surface area contributed by atoms with Crippen LogP contribution in [0.5, 0.6) is 0 Å². The molecule has 1 fully saturated rings. The van der Waals surface area contributed by atoms with E-state index in [4.69, 9.17) is 0 Å². The third kappa shape index (κ3) is 2.10. The van der Waals surface area contributed by atoms with Gasteiger partial charge in [-0.15, -0.1) is 0 Å². The molecule has 0 aromatic heterocycles. The number of aliphatic hydroxyl groups excluding tert-OH is 1. The smallest absolute Gasteiger partial charge is 0.258 e. The maximum absolute atomic E-state index is 13.5. The van der Waals surface area contributed by atoms with Crippen LogP contribution in [0.4, 0.5) is 4.39 Å². The summed E-state index contributed by atoms with van der Waals surface area (Å²) in [6, 6.07) is 4.42. The van der Waals surface area contributed by atoms with Gasteiger partial charge in [0.1, 0.15) is 5.82 Å². The quantitative estimate of drug-likeness (QED) is 0.856. The molecular formula is C11H11BrFNO2. The lowest BCUT2D eigenvalue weighted by Crippen LogP contribution is -2.30. The van der Waals surface area contributed by atoms with E-state index in [1.807, 2.05) is 0 Å². The van der Waals surface area contributed by atoms with Gasteiger partial charge in [0.25, 0.3) is 5.91 Å². The molecule has 0 bridgehead atoms. The van der Waals surface area contributed by atoms with Gasteiger partial charge in [0.2, 0.25) is 0 Å². The third-order valence-electron chi connectivity index (χ3n) is 2.63. The molecule has 0 radical (unpaired) electrons. The molecule has 1 heterocycles. The van der Waals surface area contributed by atoms with Gasteiger partial charge in [-0.25, -0.2) is 4.39 Å². The van der Waals surface area contributed by atoms with Crippen LogP contribution in [0.2, 0.25) is 0 Å². The molecule has 0 saturated carbocycles. The topological polar surface area (TPSA) is 40.5 Å². The second-order valence-corrected chi connectivity index (χ2v) is 4.64. The van der Waals surface area contributed by atoms with Crippen molar-refractivity contribution in [1.29, 1.82) is 0 Å². The molecule has 1 atom stereocenters. The Balaban J connectivity index is 2.27. The Morgan fingerprint density at radius 2 is 2.31 bits per heavy atom. The first-order valence-electron chi connectivity index (χ1n) is 5.01. The minimum atomic E-state index is -0.541. The largest absolute Gasteiger partial charge is 0.391 e. The fraction of sp³-hybridized carbons (Fsp3) is 0.364. The molecule has 1 saturated heterocycles. The molecule has 3 nitrogen and oxygen atoms in total. The van der Waals surface area contributed by atoms with Gasteiger partial charge < -0.3 is 10.0 Å². The van der Waals surface area contributed by atoms with E-state index in [2.05, 4.69) is 15.9 Å². The summed E-state index contributed by atoms with van der Waals surface area (Å²) in [7, 11) is 0. The molecule has 1 aromatic rings. The van der Waals surface area contributed by atoms with Crippen molar-refractivity contribution in [3.63, 3.8) is 0 Å². The van der Waals surface area contributed by atoms with Gasteiger partial charge in [0.05, 0.1) is 11.7 Å². The number of nitrogens with zero attached hydrogens (tertiary/aromatic N) is 1. The maximum atomic E-state index is 13.5. The van der Waals surface area contributed by atoms with Gasteiger partial charge in [-0.3, -0.25) is 4.79 Å². The summed E-state index contributed by atoms with van der Waals surface area (Å²) in [4.78, 5) is 13.4. The lowest BCUT2D eigenvalue weighted by Gasteiger charge is -2.16. The monoisotopic (exact) mass is 287 g/mol. The van der Waals surface area contributed by atoms with E-state index < -0.39 is 11.9 Å². The summed E-state index contributed by atoms with van der Waals surface area (Å²) < 4.78 is 14.0. The Hall–Kier alpha value is -0.940. The van der Waals surface area contributed by atoms with Crippen LogP contribution < -0.4 is 0 Å². The number of amides is 1. The zero-order valence-electron chi connectivity index (χ0n) is 8.49. The van der Waals surface area contributed by atoms with Crippen LogP contribution in [0.1, 0.15) is 16.8 Å². The van der Waals surface area contributed by atoms with E-state index in [9.17, 15) is 14.3 Å². The van der Waals surface area contributed by atoms with Crippen molar-refractivity contribution in [2.24, 2.45) is 0 Å². The Morgan fingerprint density at radius 3 is 2.88 bits per heavy atom. The van der Waals surface area contributed by atoms with Crippen LogP contribution in [0, 0.1) is 5.82 Å². The summed E-state index contributed by atoms with van der Waals surface area (Å²) in [6.07, 6.45) is 0.0622. The standard InChI is InChI=1S/C11H11BrFNO2/c12-8-2-1-3-9(13)10(8)11(16)14-5-4-7(15)6-14/h1-3,7,15H,4-6H2. The zero-order valence-corrected chi connectivity index (χ0v) is 10.1. The summed E-state index contributed by atoms with van der Waals surface area (Å²) in [5, 5.41) is 9.33. The number of hydrogen-bond acceptors (Lipinski definition) is 2. The average Bonchev–Trinajstić information content (AvgIpc) is 2.64.